The second-order valence-electron chi connectivity index (χ2n) is 5.55. The van der Waals surface area contributed by atoms with Crippen LogP contribution in [0.1, 0.15) is 12.8 Å². The summed E-state index contributed by atoms with van der Waals surface area (Å²) in [5, 5.41) is 0.0588. The Morgan fingerprint density at radius 3 is 3.04 bits per heavy atom. The van der Waals surface area contributed by atoms with Gasteiger partial charge >= 0.3 is 0 Å². The Morgan fingerprint density at radius 1 is 1.52 bits per heavy atom. The maximum absolute atomic E-state index is 14.0. The number of hydrogen-bond donors (Lipinski definition) is 2. The second-order valence-corrected chi connectivity index (χ2v) is 7.23. The van der Waals surface area contributed by atoms with Crippen molar-refractivity contribution in [3.8, 4) is 0 Å². The number of fused-ring (bicyclic) bond motifs is 1. The molecule has 2 N–H and O–H groups in total. The van der Waals surface area contributed by atoms with Gasteiger partial charge in [-0.05, 0) is 25.0 Å². The highest BCUT2D eigenvalue weighted by Crippen LogP contribution is 2.26. The number of H-pyrrole nitrogens is 1. The summed E-state index contributed by atoms with van der Waals surface area (Å²) in [6, 6.07) is 3.88. The highest BCUT2D eigenvalue weighted by molar-refractivity contribution is 7.89. The van der Waals surface area contributed by atoms with Crippen LogP contribution in [-0.4, -0.2) is 45.9 Å². The average Bonchev–Trinajstić information content (AvgIpc) is 3.17. The molecule has 0 spiro atoms. The molecule has 1 fully saturated rings. The molecule has 8 heteroatoms. The predicted molar refractivity (Wildman–Crippen MR) is 83.2 cm³/mol. The molecule has 3 rings (SSSR count). The summed E-state index contributed by atoms with van der Waals surface area (Å²) in [6.45, 7) is 0.795. The van der Waals surface area contributed by atoms with Gasteiger partial charge < -0.3 is 14.5 Å². The molecule has 1 aromatic carbocycles. The van der Waals surface area contributed by atoms with E-state index in [1.165, 1.54) is 25.4 Å². The smallest absolute Gasteiger partial charge is 0.243 e. The van der Waals surface area contributed by atoms with Gasteiger partial charge in [0.1, 0.15) is 10.7 Å². The fourth-order valence-corrected chi connectivity index (χ4v) is 4.34. The van der Waals surface area contributed by atoms with Crippen LogP contribution in [0.4, 0.5) is 4.39 Å². The summed E-state index contributed by atoms with van der Waals surface area (Å²) < 4.78 is 52.7. The van der Waals surface area contributed by atoms with Crippen molar-refractivity contribution in [3.63, 3.8) is 0 Å². The van der Waals surface area contributed by atoms with Gasteiger partial charge in [-0.3, -0.25) is 0 Å². The molecule has 2 atom stereocenters. The second kappa shape index (κ2) is 6.56. The van der Waals surface area contributed by atoms with E-state index in [-0.39, 0.29) is 23.0 Å². The van der Waals surface area contributed by atoms with Crippen molar-refractivity contribution in [2.45, 2.75) is 29.9 Å². The third-order valence-corrected chi connectivity index (χ3v) is 5.49. The Morgan fingerprint density at radius 2 is 2.35 bits per heavy atom. The average molecular weight is 342 g/mol. The molecule has 0 bridgehead atoms. The lowest BCUT2D eigenvalue weighted by Gasteiger charge is -2.23. The minimum Gasteiger partial charge on any atom is -0.383 e. The van der Waals surface area contributed by atoms with E-state index in [1.807, 2.05) is 0 Å². The van der Waals surface area contributed by atoms with Crippen molar-refractivity contribution in [2.24, 2.45) is 0 Å². The van der Waals surface area contributed by atoms with Crippen LogP contribution in [0.5, 0.6) is 0 Å². The van der Waals surface area contributed by atoms with E-state index in [0.717, 1.165) is 12.8 Å². The molecule has 1 saturated heterocycles. The highest BCUT2D eigenvalue weighted by Gasteiger charge is 2.31. The molecule has 23 heavy (non-hydrogen) atoms. The van der Waals surface area contributed by atoms with Gasteiger partial charge in [0.25, 0.3) is 0 Å². The van der Waals surface area contributed by atoms with Gasteiger partial charge in [-0.2, -0.15) is 0 Å². The summed E-state index contributed by atoms with van der Waals surface area (Å²) in [5.74, 6) is -0.579. The van der Waals surface area contributed by atoms with E-state index in [4.69, 9.17) is 9.47 Å². The van der Waals surface area contributed by atoms with Gasteiger partial charge in [-0.25, -0.2) is 17.5 Å². The Bertz CT molecular complexity index is 784. The largest absolute Gasteiger partial charge is 0.383 e. The van der Waals surface area contributed by atoms with Crippen LogP contribution in [-0.2, 0) is 19.5 Å². The Hall–Kier alpha value is -1.48. The van der Waals surface area contributed by atoms with E-state index >= 15 is 0 Å². The number of methoxy groups -OCH3 is 1. The van der Waals surface area contributed by atoms with Gasteiger partial charge in [-0.15, -0.1) is 0 Å². The van der Waals surface area contributed by atoms with Gasteiger partial charge in [0.15, 0.2) is 0 Å². The number of hydrogen-bond acceptors (Lipinski definition) is 4. The minimum absolute atomic E-state index is 0.0588. The number of nitrogens with one attached hydrogen (secondary N) is 2. The van der Waals surface area contributed by atoms with E-state index in [2.05, 4.69) is 9.71 Å². The maximum Gasteiger partial charge on any atom is 0.243 e. The van der Waals surface area contributed by atoms with Crippen LogP contribution in [0, 0.1) is 5.82 Å². The summed E-state index contributed by atoms with van der Waals surface area (Å²) >= 11 is 0. The van der Waals surface area contributed by atoms with Crippen molar-refractivity contribution in [1.29, 1.82) is 0 Å². The first-order valence-corrected chi connectivity index (χ1v) is 8.89. The zero-order valence-electron chi connectivity index (χ0n) is 12.7. The fourth-order valence-electron chi connectivity index (χ4n) is 2.90. The van der Waals surface area contributed by atoms with Crippen LogP contribution in [0.15, 0.2) is 29.3 Å². The Kier molecular flexibility index (Phi) is 4.67. The lowest BCUT2D eigenvalue weighted by molar-refractivity contribution is 0.0515. The molecule has 2 aromatic rings. The predicted octanol–water partition coefficient (Wildman–Crippen LogP) is 1.78. The van der Waals surface area contributed by atoms with Crippen LogP contribution >= 0.6 is 0 Å². The van der Waals surface area contributed by atoms with E-state index in [1.54, 1.807) is 6.07 Å². The number of ether oxygens (including phenoxy) is 2. The van der Waals surface area contributed by atoms with Crippen molar-refractivity contribution in [1.82, 2.24) is 9.71 Å². The molecule has 1 aromatic heterocycles. The Balaban J connectivity index is 1.93. The first-order chi connectivity index (χ1) is 11.0. The van der Waals surface area contributed by atoms with Crippen LogP contribution < -0.4 is 4.72 Å². The third-order valence-electron chi connectivity index (χ3n) is 3.97. The molecule has 2 heterocycles. The molecule has 2 unspecified atom stereocenters. The van der Waals surface area contributed by atoms with Gasteiger partial charge in [0.05, 0.1) is 24.1 Å². The lowest BCUT2D eigenvalue weighted by atomic mass is 10.1. The molecular weight excluding hydrogens is 323 g/mol. The van der Waals surface area contributed by atoms with E-state index in [9.17, 15) is 12.8 Å². The third kappa shape index (κ3) is 3.25. The molecule has 6 nitrogen and oxygen atoms in total. The molecule has 0 radical (unpaired) electrons. The van der Waals surface area contributed by atoms with Crippen molar-refractivity contribution < 1.29 is 22.3 Å². The number of halogens is 1. The zero-order valence-corrected chi connectivity index (χ0v) is 13.5. The number of aromatic amines is 1. The molecule has 126 valence electrons. The summed E-state index contributed by atoms with van der Waals surface area (Å²) in [5.41, 5.74) is 0.436. The SMILES string of the molecule is COCC(NS(=O)(=O)c1c[nH]c2cccc(F)c12)C1CCCO1. The molecule has 0 amide bonds. The van der Waals surface area contributed by atoms with Crippen LogP contribution in [0.3, 0.4) is 0 Å². The van der Waals surface area contributed by atoms with Crippen LogP contribution in [0.25, 0.3) is 10.9 Å². The zero-order chi connectivity index (χ0) is 16.4. The number of rotatable bonds is 6. The standard InChI is InChI=1S/C15H19FN2O4S/c1-21-9-12(13-6-3-7-22-13)18-23(19,20)14-8-17-11-5-2-4-10(16)15(11)14/h2,4-5,8,12-13,17-18H,3,6-7,9H2,1H3. The Labute approximate surface area is 134 Å². The summed E-state index contributed by atoms with van der Waals surface area (Å²) in [7, 11) is -2.40. The van der Waals surface area contributed by atoms with Crippen molar-refractivity contribution in [3.05, 3.63) is 30.2 Å². The first-order valence-electron chi connectivity index (χ1n) is 7.41. The van der Waals surface area contributed by atoms with Crippen molar-refractivity contribution in [2.75, 3.05) is 20.3 Å². The number of sulfonamides is 1. The molecular formula is C15H19FN2O4S. The minimum atomic E-state index is -3.91. The molecule has 0 saturated carbocycles. The number of benzene rings is 1. The van der Waals surface area contributed by atoms with Crippen LogP contribution in [0.2, 0.25) is 0 Å². The molecule has 0 aliphatic carbocycles. The monoisotopic (exact) mass is 342 g/mol. The van der Waals surface area contributed by atoms with E-state index in [0.29, 0.717) is 12.1 Å². The molecule has 1 aliphatic rings. The normalized spacial score (nSPS) is 20.2. The maximum atomic E-state index is 14.0. The number of aromatic nitrogens is 1. The van der Waals surface area contributed by atoms with E-state index < -0.39 is 21.9 Å². The van der Waals surface area contributed by atoms with Gasteiger partial charge in [-0.1, -0.05) is 6.07 Å². The fraction of sp³-hybridized carbons (Fsp3) is 0.467. The van der Waals surface area contributed by atoms with Crippen molar-refractivity contribution >= 4 is 20.9 Å². The van der Waals surface area contributed by atoms with Gasteiger partial charge in [0, 0.05) is 25.4 Å². The summed E-state index contributed by atoms with van der Waals surface area (Å²) in [6.07, 6.45) is 2.71. The van der Waals surface area contributed by atoms with Gasteiger partial charge in [0.2, 0.25) is 10.0 Å². The quantitative estimate of drug-likeness (QED) is 0.839. The summed E-state index contributed by atoms with van der Waals surface area (Å²) in [4.78, 5) is 2.68. The lowest BCUT2D eigenvalue weighted by Crippen LogP contribution is -2.45. The highest BCUT2D eigenvalue weighted by atomic mass is 32.2. The topological polar surface area (TPSA) is 80.4 Å². The molecule has 1 aliphatic heterocycles. The first kappa shape index (κ1) is 16.4.